The van der Waals surface area contributed by atoms with Crippen molar-refractivity contribution in [2.75, 3.05) is 36.8 Å². The fraction of sp³-hybridized carbons (Fsp3) is 0.562. The number of nitrogens with two attached hydrogens (primary N) is 1. The fourth-order valence-electron chi connectivity index (χ4n) is 3.14. The van der Waals surface area contributed by atoms with Gasteiger partial charge < -0.3 is 15.5 Å². The Bertz CT molecular complexity index is 558. The molecule has 2 aliphatic rings. The summed E-state index contributed by atoms with van der Waals surface area (Å²) in [5.41, 5.74) is 6.58. The van der Waals surface area contributed by atoms with Gasteiger partial charge in [-0.3, -0.25) is 4.79 Å². The predicted octanol–water partition coefficient (Wildman–Crippen LogP) is 1.37. The highest BCUT2D eigenvalue weighted by Crippen LogP contribution is 2.22. The minimum atomic E-state index is 0.273. The zero-order valence-corrected chi connectivity index (χ0v) is 13.0. The standard InChI is InChI=1S/C16H23N5O/c1-12-10-14(19-16(17)18-12)20-6-8-21(9-7-20)15(22)11-13-4-2-3-5-13/h2,4,10,13H,3,5-9,11H2,1H3,(H2,17,18,19). The molecule has 1 atom stereocenters. The number of hydrogen-bond donors (Lipinski definition) is 1. The second kappa shape index (κ2) is 6.34. The molecular formula is C16H23N5O. The summed E-state index contributed by atoms with van der Waals surface area (Å²) in [6.07, 6.45) is 7.24. The second-order valence-electron chi connectivity index (χ2n) is 6.06. The molecule has 1 aliphatic heterocycles. The first-order chi connectivity index (χ1) is 10.6. The van der Waals surface area contributed by atoms with Crippen LogP contribution in [0.5, 0.6) is 0 Å². The molecule has 2 heterocycles. The highest BCUT2D eigenvalue weighted by Gasteiger charge is 2.24. The Balaban J connectivity index is 1.55. The van der Waals surface area contributed by atoms with E-state index in [2.05, 4.69) is 27.0 Å². The molecule has 0 spiro atoms. The summed E-state index contributed by atoms with van der Waals surface area (Å²) in [5.74, 6) is 1.88. The van der Waals surface area contributed by atoms with E-state index in [1.165, 1.54) is 0 Å². The molecule has 0 bridgehead atoms. The Kier molecular flexibility index (Phi) is 4.27. The van der Waals surface area contributed by atoms with Crippen LogP contribution in [0, 0.1) is 12.8 Å². The van der Waals surface area contributed by atoms with E-state index in [-0.39, 0.29) is 5.91 Å². The Morgan fingerprint density at radius 1 is 1.32 bits per heavy atom. The molecular weight excluding hydrogens is 278 g/mol. The summed E-state index contributed by atoms with van der Waals surface area (Å²) in [5, 5.41) is 0. The third-order valence-corrected chi connectivity index (χ3v) is 4.36. The van der Waals surface area contributed by atoms with Crippen molar-refractivity contribution in [3.63, 3.8) is 0 Å². The number of piperazine rings is 1. The fourth-order valence-corrected chi connectivity index (χ4v) is 3.14. The first-order valence-electron chi connectivity index (χ1n) is 7.92. The van der Waals surface area contributed by atoms with Gasteiger partial charge in [-0.2, -0.15) is 4.98 Å². The maximum absolute atomic E-state index is 12.3. The van der Waals surface area contributed by atoms with Gasteiger partial charge in [0.1, 0.15) is 5.82 Å². The van der Waals surface area contributed by atoms with Gasteiger partial charge in [0, 0.05) is 44.4 Å². The van der Waals surface area contributed by atoms with Gasteiger partial charge in [0.25, 0.3) is 0 Å². The minimum Gasteiger partial charge on any atom is -0.368 e. The van der Waals surface area contributed by atoms with Crippen LogP contribution in [0.1, 0.15) is 25.0 Å². The minimum absolute atomic E-state index is 0.273. The number of anilines is 2. The molecule has 1 aliphatic carbocycles. The van der Waals surface area contributed by atoms with Crippen LogP contribution in [-0.2, 0) is 4.79 Å². The lowest BCUT2D eigenvalue weighted by molar-refractivity contribution is -0.132. The van der Waals surface area contributed by atoms with Crippen molar-refractivity contribution < 1.29 is 4.79 Å². The quantitative estimate of drug-likeness (QED) is 0.854. The van der Waals surface area contributed by atoms with Crippen molar-refractivity contribution in [2.24, 2.45) is 5.92 Å². The van der Waals surface area contributed by atoms with Crippen molar-refractivity contribution in [3.8, 4) is 0 Å². The van der Waals surface area contributed by atoms with Crippen LogP contribution in [-0.4, -0.2) is 47.0 Å². The molecule has 22 heavy (non-hydrogen) atoms. The van der Waals surface area contributed by atoms with Crippen molar-refractivity contribution >= 4 is 17.7 Å². The summed E-state index contributed by atoms with van der Waals surface area (Å²) < 4.78 is 0. The molecule has 2 N–H and O–H groups in total. The number of aryl methyl sites for hydroxylation is 1. The van der Waals surface area contributed by atoms with Crippen molar-refractivity contribution in [1.29, 1.82) is 0 Å². The summed E-state index contributed by atoms with van der Waals surface area (Å²) in [6.45, 7) is 5.00. The Morgan fingerprint density at radius 2 is 2.09 bits per heavy atom. The van der Waals surface area contributed by atoms with E-state index < -0.39 is 0 Å². The molecule has 1 saturated heterocycles. The van der Waals surface area contributed by atoms with E-state index in [1.807, 2.05) is 17.9 Å². The molecule has 0 radical (unpaired) electrons. The SMILES string of the molecule is Cc1cc(N2CCN(C(=O)CC3C=CCC3)CC2)nc(N)n1. The molecule has 118 valence electrons. The number of nitrogen functional groups attached to an aromatic ring is 1. The van der Waals surface area contributed by atoms with E-state index in [4.69, 9.17) is 5.73 Å². The lowest BCUT2D eigenvalue weighted by Gasteiger charge is -2.35. The van der Waals surface area contributed by atoms with Crippen molar-refractivity contribution in [1.82, 2.24) is 14.9 Å². The molecule has 1 aromatic heterocycles. The Hall–Kier alpha value is -2.11. The van der Waals surface area contributed by atoms with Gasteiger partial charge in [0.2, 0.25) is 11.9 Å². The smallest absolute Gasteiger partial charge is 0.223 e. The van der Waals surface area contributed by atoms with Crippen LogP contribution < -0.4 is 10.6 Å². The number of hydrogen-bond acceptors (Lipinski definition) is 5. The van der Waals surface area contributed by atoms with Gasteiger partial charge in [-0.25, -0.2) is 4.98 Å². The second-order valence-corrected chi connectivity index (χ2v) is 6.06. The molecule has 1 amide bonds. The molecule has 0 saturated carbocycles. The summed E-state index contributed by atoms with van der Waals surface area (Å²) in [4.78, 5) is 24.9. The first-order valence-corrected chi connectivity index (χ1v) is 7.92. The monoisotopic (exact) mass is 301 g/mol. The largest absolute Gasteiger partial charge is 0.368 e. The van der Waals surface area contributed by atoms with Gasteiger partial charge in [-0.15, -0.1) is 0 Å². The van der Waals surface area contributed by atoms with E-state index in [1.54, 1.807) is 0 Å². The van der Waals surface area contributed by atoms with Crippen LogP contribution >= 0.6 is 0 Å². The zero-order chi connectivity index (χ0) is 15.5. The van der Waals surface area contributed by atoms with E-state index in [0.29, 0.717) is 18.3 Å². The third-order valence-electron chi connectivity index (χ3n) is 4.36. The van der Waals surface area contributed by atoms with Gasteiger partial charge in [-0.05, 0) is 25.7 Å². The first kappa shape index (κ1) is 14.8. The van der Waals surface area contributed by atoms with Crippen LogP contribution in [0.3, 0.4) is 0 Å². The van der Waals surface area contributed by atoms with Crippen molar-refractivity contribution in [3.05, 3.63) is 23.9 Å². The number of allylic oxidation sites excluding steroid dienone is 2. The zero-order valence-electron chi connectivity index (χ0n) is 13.0. The maximum atomic E-state index is 12.3. The Labute approximate surface area is 131 Å². The summed E-state index contributed by atoms with van der Waals surface area (Å²) in [6, 6.07) is 1.94. The number of aromatic nitrogens is 2. The number of rotatable bonds is 3. The number of nitrogens with zero attached hydrogens (tertiary/aromatic N) is 4. The maximum Gasteiger partial charge on any atom is 0.223 e. The average molecular weight is 301 g/mol. The normalized spacial score (nSPS) is 21.4. The van der Waals surface area contributed by atoms with Gasteiger partial charge in [0.15, 0.2) is 0 Å². The highest BCUT2D eigenvalue weighted by atomic mass is 16.2. The van der Waals surface area contributed by atoms with Gasteiger partial charge in [0.05, 0.1) is 0 Å². The molecule has 1 aromatic rings. The average Bonchev–Trinajstić information content (AvgIpc) is 2.99. The van der Waals surface area contributed by atoms with E-state index >= 15 is 0 Å². The number of carbonyl (C=O) groups is 1. The highest BCUT2D eigenvalue weighted by molar-refractivity contribution is 5.77. The number of carbonyl (C=O) groups excluding carboxylic acids is 1. The lowest BCUT2D eigenvalue weighted by Crippen LogP contribution is -2.49. The molecule has 6 nitrogen and oxygen atoms in total. The molecule has 1 fully saturated rings. The molecule has 6 heteroatoms. The lowest BCUT2D eigenvalue weighted by atomic mass is 10.0. The van der Waals surface area contributed by atoms with Crippen LogP contribution in [0.2, 0.25) is 0 Å². The van der Waals surface area contributed by atoms with Crippen LogP contribution in [0.25, 0.3) is 0 Å². The molecule has 1 unspecified atom stereocenters. The van der Waals surface area contributed by atoms with E-state index in [9.17, 15) is 4.79 Å². The predicted molar refractivity (Wildman–Crippen MR) is 86.5 cm³/mol. The van der Waals surface area contributed by atoms with Gasteiger partial charge in [-0.1, -0.05) is 12.2 Å². The van der Waals surface area contributed by atoms with Gasteiger partial charge >= 0.3 is 0 Å². The van der Waals surface area contributed by atoms with E-state index in [0.717, 1.165) is 50.5 Å². The topological polar surface area (TPSA) is 75.3 Å². The van der Waals surface area contributed by atoms with Crippen molar-refractivity contribution in [2.45, 2.75) is 26.2 Å². The summed E-state index contributed by atoms with van der Waals surface area (Å²) >= 11 is 0. The summed E-state index contributed by atoms with van der Waals surface area (Å²) in [7, 11) is 0. The molecule has 0 aromatic carbocycles. The number of amides is 1. The van der Waals surface area contributed by atoms with Crippen LogP contribution in [0.15, 0.2) is 18.2 Å². The molecule has 3 rings (SSSR count). The van der Waals surface area contributed by atoms with Crippen LogP contribution in [0.4, 0.5) is 11.8 Å². The Morgan fingerprint density at radius 3 is 2.73 bits per heavy atom. The third kappa shape index (κ3) is 3.37.